The fourth-order valence-electron chi connectivity index (χ4n) is 3.26. The van der Waals surface area contributed by atoms with Gasteiger partial charge in [-0.15, -0.1) is 0 Å². The Hall–Kier alpha value is -3.38. The van der Waals surface area contributed by atoms with Crippen molar-refractivity contribution in [3.63, 3.8) is 0 Å². The monoisotopic (exact) mass is 464 g/mol. The van der Waals surface area contributed by atoms with E-state index >= 15 is 0 Å². The standard InChI is InChI=1S/C24H17BrO5/c1-14-22(18-5-3-4-6-20(18)28-2)23(26)19-12-11-17(13-21(19)29-14)30-24(27)15-7-9-16(25)10-8-15/h3-13H,1-2H3. The van der Waals surface area contributed by atoms with Crippen molar-refractivity contribution in [1.82, 2.24) is 0 Å². The Kier molecular flexibility index (Phi) is 5.42. The van der Waals surface area contributed by atoms with Crippen LogP contribution in [0.15, 0.2) is 80.4 Å². The number of para-hydroxylation sites is 1. The fourth-order valence-corrected chi connectivity index (χ4v) is 3.53. The second-order valence-corrected chi connectivity index (χ2v) is 7.53. The highest BCUT2D eigenvalue weighted by Crippen LogP contribution is 2.32. The van der Waals surface area contributed by atoms with Crippen LogP contribution in [0.2, 0.25) is 0 Å². The first-order valence-corrected chi connectivity index (χ1v) is 9.96. The minimum absolute atomic E-state index is 0.177. The highest BCUT2D eigenvalue weighted by Gasteiger charge is 2.18. The Balaban J connectivity index is 1.73. The van der Waals surface area contributed by atoms with Crippen molar-refractivity contribution in [3.8, 4) is 22.6 Å². The number of ether oxygens (including phenoxy) is 2. The van der Waals surface area contributed by atoms with E-state index in [1.807, 2.05) is 18.2 Å². The second-order valence-electron chi connectivity index (χ2n) is 6.62. The Labute approximate surface area is 181 Å². The molecule has 0 aliphatic heterocycles. The molecule has 0 unspecified atom stereocenters. The van der Waals surface area contributed by atoms with Crippen LogP contribution in [0, 0.1) is 6.92 Å². The van der Waals surface area contributed by atoms with E-state index in [1.165, 1.54) is 0 Å². The lowest BCUT2D eigenvalue weighted by Gasteiger charge is -2.11. The van der Waals surface area contributed by atoms with Gasteiger partial charge in [-0.3, -0.25) is 4.79 Å². The minimum atomic E-state index is -0.494. The molecule has 30 heavy (non-hydrogen) atoms. The molecule has 150 valence electrons. The van der Waals surface area contributed by atoms with Gasteiger partial charge in [-0.2, -0.15) is 0 Å². The number of carbonyl (C=O) groups is 1. The largest absolute Gasteiger partial charge is 0.496 e. The highest BCUT2D eigenvalue weighted by atomic mass is 79.9. The third-order valence-electron chi connectivity index (χ3n) is 4.71. The third kappa shape index (κ3) is 3.74. The van der Waals surface area contributed by atoms with Crippen LogP contribution < -0.4 is 14.9 Å². The Morgan fingerprint density at radius 2 is 1.73 bits per heavy atom. The molecule has 4 aromatic rings. The molecule has 0 aliphatic rings. The molecule has 4 rings (SSSR count). The van der Waals surface area contributed by atoms with Crippen LogP contribution >= 0.6 is 15.9 Å². The van der Waals surface area contributed by atoms with Crippen LogP contribution in [0.25, 0.3) is 22.1 Å². The average Bonchev–Trinajstić information content (AvgIpc) is 2.74. The van der Waals surface area contributed by atoms with Gasteiger partial charge in [0, 0.05) is 16.1 Å². The molecule has 5 nitrogen and oxygen atoms in total. The summed E-state index contributed by atoms with van der Waals surface area (Å²) in [4.78, 5) is 25.5. The minimum Gasteiger partial charge on any atom is -0.496 e. The van der Waals surface area contributed by atoms with Crippen molar-refractivity contribution in [2.24, 2.45) is 0 Å². The van der Waals surface area contributed by atoms with Gasteiger partial charge in [0.2, 0.25) is 5.43 Å². The van der Waals surface area contributed by atoms with Crippen molar-refractivity contribution >= 4 is 32.9 Å². The molecule has 0 radical (unpaired) electrons. The number of esters is 1. The van der Waals surface area contributed by atoms with Gasteiger partial charge in [0.1, 0.15) is 22.8 Å². The van der Waals surface area contributed by atoms with Crippen LogP contribution in [-0.4, -0.2) is 13.1 Å². The van der Waals surface area contributed by atoms with E-state index in [-0.39, 0.29) is 5.43 Å². The van der Waals surface area contributed by atoms with E-state index in [4.69, 9.17) is 13.9 Å². The summed E-state index contributed by atoms with van der Waals surface area (Å²) in [5.74, 6) is 0.843. The number of methoxy groups -OCH3 is 1. The lowest BCUT2D eigenvalue weighted by atomic mass is 10.0. The van der Waals surface area contributed by atoms with Crippen molar-refractivity contribution < 1.29 is 18.7 Å². The first kappa shape index (κ1) is 19.9. The molecule has 0 fully saturated rings. The summed E-state index contributed by atoms with van der Waals surface area (Å²) in [7, 11) is 1.56. The van der Waals surface area contributed by atoms with Crippen molar-refractivity contribution in [2.75, 3.05) is 7.11 Å². The lowest BCUT2D eigenvalue weighted by molar-refractivity contribution is 0.0735. The van der Waals surface area contributed by atoms with Gasteiger partial charge in [0.05, 0.1) is 23.6 Å². The van der Waals surface area contributed by atoms with Crippen LogP contribution in [0.3, 0.4) is 0 Å². The number of benzene rings is 3. The summed E-state index contributed by atoms with van der Waals surface area (Å²) < 4.78 is 17.6. The van der Waals surface area contributed by atoms with E-state index in [1.54, 1.807) is 62.6 Å². The summed E-state index contributed by atoms with van der Waals surface area (Å²) in [6.07, 6.45) is 0. The zero-order valence-corrected chi connectivity index (χ0v) is 17.9. The van der Waals surface area contributed by atoms with Crippen molar-refractivity contribution in [2.45, 2.75) is 6.92 Å². The van der Waals surface area contributed by atoms with Crippen LogP contribution in [0.4, 0.5) is 0 Å². The van der Waals surface area contributed by atoms with Gasteiger partial charge in [-0.05, 0) is 49.4 Å². The van der Waals surface area contributed by atoms with Crippen molar-refractivity contribution in [3.05, 3.63) is 92.7 Å². The predicted octanol–water partition coefficient (Wildman–Crippen LogP) is 5.76. The number of hydrogen-bond acceptors (Lipinski definition) is 5. The zero-order valence-electron chi connectivity index (χ0n) is 16.3. The fraction of sp³-hybridized carbons (Fsp3) is 0.0833. The van der Waals surface area contributed by atoms with Gasteiger partial charge in [0.25, 0.3) is 0 Å². The predicted molar refractivity (Wildman–Crippen MR) is 118 cm³/mol. The van der Waals surface area contributed by atoms with Gasteiger partial charge in [0.15, 0.2) is 0 Å². The Morgan fingerprint density at radius 3 is 2.47 bits per heavy atom. The SMILES string of the molecule is COc1ccccc1-c1c(C)oc2cc(OC(=O)c3ccc(Br)cc3)ccc2c1=O. The Morgan fingerprint density at radius 1 is 1.00 bits per heavy atom. The maximum atomic E-state index is 13.2. The molecule has 6 heteroatoms. The topological polar surface area (TPSA) is 65.7 Å². The molecule has 1 aromatic heterocycles. The summed E-state index contributed by atoms with van der Waals surface area (Å²) in [5.41, 5.74) is 1.70. The lowest BCUT2D eigenvalue weighted by Crippen LogP contribution is -2.10. The summed E-state index contributed by atoms with van der Waals surface area (Å²) in [6.45, 7) is 1.73. The Bertz CT molecular complexity index is 1310. The number of hydrogen-bond donors (Lipinski definition) is 0. The van der Waals surface area contributed by atoms with Crippen molar-refractivity contribution in [1.29, 1.82) is 0 Å². The quantitative estimate of drug-likeness (QED) is 0.283. The van der Waals surface area contributed by atoms with E-state index in [2.05, 4.69) is 15.9 Å². The molecule has 0 N–H and O–H groups in total. The third-order valence-corrected chi connectivity index (χ3v) is 5.24. The van der Waals surface area contributed by atoms with Crippen LogP contribution in [-0.2, 0) is 0 Å². The first-order chi connectivity index (χ1) is 14.5. The van der Waals surface area contributed by atoms with Crippen LogP contribution in [0.5, 0.6) is 11.5 Å². The normalized spacial score (nSPS) is 10.8. The maximum absolute atomic E-state index is 13.2. The number of rotatable bonds is 4. The molecule has 0 aliphatic carbocycles. The summed E-state index contributed by atoms with van der Waals surface area (Å²) in [5, 5.41) is 0.393. The second kappa shape index (κ2) is 8.16. The number of halogens is 1. The van der Waals surface area contributed by atoms with E-state index in [0.29, 0.717) is 44.9 Å². The van der Waals surface area contributed by atoms with E-state index < -0.39 is 5.97 Å². The summed E-state index contributed by atoms with van der Waals surface area (Å²) in [6, 6.07) is 18.9. The molecular formula is C24H17BrO5. The van der Waals surface area contributed by atoms with Gasteiger partial charge < -0.3 is 13.9 Å². The molecule has 0 amide bonds. The highest BCUT2D eigenvalue weighted by molar-refractivity contribution is 9.10. The molecule has 0 bridgehead atoms. The molecule has 0 saturated heterocycles. The molecule has 0 spiro atoms. The van der Waals surface area contributed by atoms with Gasteiger partial charge in [-0.1, -0.05) is 34.1 Å². The molecule has 3 aromatic carbocycles. The number of carbonyl (C=O) groups excluding carboxylic acids is 1. The first-order valence-electron chi connectivity index (χ1n) is 9.16. The molecule has 0 atom stereocenters. The van der Waals surface area contributed by atoms with E-state index in [0.717, 1.165) is 4.47 Å². The number of fused-ring (bicyclic) bond motifs is 1. The van der Waals surface area contributed by atoms with E-state index in [9.17, 15) is 9.59 Å². The smallest absolute Gasteiger partial charge is 0.343 e. The zero-order chi connectivity index (χ0) is 21.3. The maximum Gasteiger partial charge on any atom is 0.343 e. The average molecular weight is 465 g/mol. The van der Waals surface area contributed by atoms with Gasteiger partial charge in [-0.25, -0.2) is 4.79 Å². The van der Waals surface area contributed by atoms with Crippen LogP contribution in [0.1, 0.15) is 16.1 Å². The van der Waals surface area contributed by atoms with Gasteiger partial charge >= 0.3 is 5.97 Å². The number of aryl methyl sites for hydroxylation is 1. The molecule has 1 heterocycles. The molecule has 0 saturated carbocycles. The molecular weight excluding hydrogens is 448 g/mol. The summed E-state index contributed by atoms with van der Waals surface area (Å²) >= 11 is 3.33.